The Morgan fingerprint density at radius 1 is 1.42 bits per heavy atom. The number of likely N-dealkylation sites (N-methyl/N-ethyl adjacent to an activating group) is 1. The molecule has 1 aromatic rings. The Kier molecular flexibility index (Phi) is 7.06. The van der Waals surface area contributed by atoms with Gasteiger partial charge in [-0.25, -0.2) is 0 Å². The van der Waals surface area contributed by atoms with Crippen molar-refractivity contribution < 1.29 is 14.7 Å². The van der Waals surface area contributed by atoms with Gasteiger partial charge in [-0.15, -0.1) is 0 Å². The van der Waals surface area contributed by atoms with E-state index in [2.05, 4.69) is 15.5 Å². The van der Waals surface area contributed by atoms with E-state index in [1.165, 1.54) is 23.8 Å². The van der Waals surface area contributed by atoms with Gasteiger partial charge in [0.25, 0.3) is 5.91 Å². The molecule has 26 heavy (non-hydrogen) atoms. The first-order valence-corrected chi connectivity index (χ1v) is 9.16. The van der Waals surface area contributed by atoms with Crippen molar-refractivity contribution in [3.63, 3.8) is 0 Å². The molecule has 1 aliphatic rings. The number of nitrogens with zero attached hydrogens (tertiary/aromatic N) is 1. The van der Waals surface area contributed by atoms with E-state index in [4.69, 9.17) is 11.6 Å². The molecule has 0 spiro atoms. The third-order valence-corrected chi connectivity index (χ3v) is 4.85. The topological polar surface area (TPSA) is 81.7 Å². The van der Waals surface area contributed by atoms with Crippen molar-refractivity contribution in [3.8, 4) is 5.75 Å². The van der Waals surface area contributed by atoms with E-state index in [1.807, 2.05) is 26.8 Å². The molecule has 0 saturated carbocycles. The van der Waals surface area contributed by atoms with Gasteiger partial charge in [-0.1, -0.05) is 23.3 Å². The fourth-order valence-corrected chi connectivity index (χ4v) is 3.26. The SMILES string of the molecule is C/C=C(\C)CN1C[C@@H](NC(=O)c2ccc(O)c(Cl)c2)C[C@H]1C(=O)NCC. The van der Waals surface area contributed by atoms with Gasteiger partial charge in [-0.3, -0.25) is 14.5 Å². The average Bonchev–Trinajstić information content (AvgIpc) is 2.99. The normalized spacial score (nSPS) is 20.8. The lowest BCUT2D eigenvalue weighted by Gasteiger charge is -2.23. The molecule has 1 heterocycles. The lowest BCUT2D eigenvalue weighted by molar-refractivity contribution is -0.125. The van der Waals surface area contributed by atoms with E-state index in [9.17, 15) is 14.7 Å². The van der Waals surface area contributed by atoms with Crippen LogP contribution in [0.5, 0.6) is 5.75 Å². The molecule has 2 atom stereocenters. The maximum absolute atomic E-state index is 12.5. The van der Waals surface area contributed by atoms with Crippen LogP contribution in [0.2, 0.25) is 5.02 Å². The van der Waals surface area contributed by atoms with Crippen molar-refractivity contribution >= 4 is 23.4 Å². The molecule has 1 aliphatic heterocycles. The fraction of sp³-hybridized carbons (Fsp3) is 0.474. The van der Waals surface area contributed by atoms with Crippen molar-refractivity contribution in [3.05, 3.63) is 40.4 Å². The van der Waals surface area contributed by atoms with Crippen LogP contribution >= 0.6 is 11.6 Å². The first kappa shape index (κ1) is 20.3. The van der Waals surface area contributed by atoms with Gasteiger partial charge in [0.1, 0.15) is 5.75 Å². The Bertz CT molecular complexity index is 705. The zero-order valence-corrected chi connectivity index (χ0v) is 16.1. The van der Waals surface area contributed by atoms with Crippen LogP contribution in [0.4, 0.5) is 0 Å². The number of benzene rings is 1. The molecule has 0 radical (unpaired) electrons. The summed E-state index contributed by atoms with van der Waals surface area (Å²) in [4.78, 5) is 26.9. The van der Waals surface area contributed by atoms with Gasteiger partial charge in [0, 0.05) is 31.2 Å². The maximum atomic E-state index is 12.5. The van der Waals surface area contributed by atoms with Gasteiger partial charge >= 0.3 is 0 Å². The molecule has 1 saturated heterocycles. The molecule has 6 nitrogen and oxygen atoms in total. The number of halogens is 1. The number of carbonyl (C=O) groups excluding carboxylic acids is 2. The third kappa shape index (κ3) is 4.99. The lowest BCUT2D eigenvalue weighted by atomic mass is 10.1. The number of amides is 2. The average molecular weight is 380 g/mol. The second-order valence-corrected chi connectivity index (χ2v) is 6.95. The number of allylic oxidation sites excluding steroid dienone is 1. The highest BCUT2D eigenvalue weighted by Gasteiger charge is 2.37. The summed E-state index contributed by atoms with van der Waals surface area (Å²) in [6.07, 6.45) is 2.58. The quantitative estimate of drug-likeness (QED) is 0.662. The minimum atomic E-state index is -0.267. The van der Waals surface area contributed by atoms with Gasteiger partial charge in [-0.2, -0.15) is 0 Å². The van der Waals surface area contributed by atoms with E-state index in [0.717, 1.165) is 0 Å². The summed E-state index contributed by atoms with van der Waals surface area (Å²) >= 11 is 5.87. The van der Waals surface area contributed by atoms with Crippen molar-refractivity contribution in [2.24, 2.45) is 0 Å². The molecule has 0 aliphatic carbocycles. The van der Waals surface area contributed by atoms with Crippen molar-refractivity contribution in [2.75, 3.05) is 19.6 Å². The van der Waals surface area contributed by atoms with Gasteiger partial charge in [-0.05, 0) is 45.4 Å². The molecule has 142 valence electrons. The highest BCUT2D eigenvalue weighted by molar-refractivity contribution is 6.32. The van der Waals surface area contributed by atoms with Gasteiger partial charge < -0.3 is 15.7 Å². The summed E-state index contributed by atoms with van der Waals surface area (Å²) < 4.78 is 0. The number of nitrogens with one attached hydrogen (secondary N) is 2. The molecule has 0 bridgehead atoms. The second-order valence-electron chi connectivity index (χ2n) is 6.55. The summed E-state index contributed by atoms with van der Waals surface area (Å²) in [6, 6.07) is 3.95. The zero-order valence-electron chi connectivity index (χ0n) is 15.4. The summed E-state index contributed by atoms with van der Waals surface area (Å²) in [5.41, 5.74) is 1.56. The van der Waals surface area contributed by atoms with Crippen LogP contribution in [0.25, 0.3) is 0 Å². The number of rotatable bonds is 6. The summed E-state index contributed by atoms with van der Waals surface area (Å²) in [7, 11) is 0. The van der Waals surface area contributed by atoms with E-state index in [-0.39, 0.29) is 34.7 Å². The molecule has 0 aromatic heterocycles. The molecule has 2 rings (SSSR count). The highest BCUT2D eigenvalue weighted by atomic mass is 35.5. The molecular weight excluding hydrogens is 354 g/mol. The first-order valence-electron chi connectivity index (χ1n) is 8.78. The number of phenolic OH excluding ortho intramolecular Hbond substituents is 1. The smallest absolute Gasteiger partial charge is 0.251 e. The predicted octanol–water partition coefficient (Wildman–Crippen LogP) is 2.32. The molecule has 0 unspecified atom stereocenters. The number of phenols is 1. The Morgan fingerprint density at radius 2 is 2.15 bits per heavy atom. The number of aromatic hydroxyl groups is 1. The van der Waals surface area contributed by atoms with Crippen molar-refractivity contribution in [1.29, 1.82) is 0 Å². The minimum Gasteiger partial charge on any atom is -0.506 e. The molecule has 7 heteroatoms. The molecular formula is C19H26ClN3O3. The molecule has 3 N–H and O–H groups in total. The Balaban J connectivity index is 2.08. The monoisotopic (exact) mass is 379 g/mol. The van der Waals surface area contributed by atoms with Crippen LogP contribution < -0.4 is 10.6 Å². The standard InChI is InChI=1S/C19H26ClN3O3/c1-4-12(3)10-23-11-14(9-16(23)19(26)21-5-2)22-18(25)13-6-7-17(24)15(20)8-13/h4,6-8,14,16,24H,5,9-11H2,1-3H3,(H,21,26)(H,22,25)/b12-4+/t14-,16-/m0/s1. The third-order valence-electron chi connectivity index (χ3n) is 4.55. The Hall–Kier alpha value is -2.05. The minimum absolute atomic E-state index is 0.0131. The summed E-state index contributed by atoms with van der Waals surface area (Å²) in [5, 5.41) is 15.5. The maximum Gasteiger partial charge on any atom is 0.251 e. The van der Waals surface area contributed by atoms with Crippen LogP contribution in [0.3, 0.4) is 0 Å². The first-order chi connectivity index (χ1) is 12.3. The number of likely N-dealkylation sites (tertiary alicyclic amines) is 1. The lowest BCUT2D eigenvalue weighted by Crippen LogP contribution is -2.43. The van der Waals surface area contributed by atoms with Crippen LogP contribution in [0, 0.1) is 0 Å². The largest absolute Gasteiger partial charge is 0.506 e. The molecule has 1 fully saturated rings. The molecule has 1 aromatic carbocycles. The number of hydrogen-bond donors (Lipinski definition) is 3. The Morgan fingerprint density at radius 3 is 2.77 bits per heavy atom. The van der Waals surface area contributed by atoms with Crippen molar-refractivity contribution in [1.82, 2.24) is 15.5 Å². The number of carbonyl (C=O) groups is 2. The van der Waals surface area contributed by atoms with Crippen molar-refractivity contribution in [2.45, 2.75) is 39.3 Å². The second kappa shape index (κ2) is 9.05. The van der Waals surface area contributed by atoms with Gasteiger partial charge in [0.15, 0.2) is 0 Å². The zero-order chi connectivity index (χ0) is 19.3. The van der Waals surface area contributed by atoms with E-state index < -0.39 is 0 Å². The fourth-order valence-electron chi connectivity index (χ4n) is 3.08. The summed E-state index contributed by atoms with van der Waals surface area (Å²) in [5.74, 6) is -0.342. The van der Waals surface area contributed by atoms with Gasteiger partial charge in [0.2, 0.25) is 5.91 Å². The predicted molar refractivity (Wildman–Crippen MR) is 102 cm³/mol. The molecule has 2 amide bonds. The van der Waals surface area contributed by atoms with Crippen LogP contribution in [0.1, 0.15) is 37.6 Å². The van der Waals surface area contributed by atoms with Crippen LogP contribution in [-0.2, 0) is 4.79 Å². The highest BCUT2D eigenvalue weighted by Crippen LogP contribution is 2.24. The van der Waals surface area contributed by atoms with E-state index >= 15 is 0 Å². The van der Waals surface area contributed by atoms with E-state index in [1.54, 1.807) is 0 Å². The van der Waals surface area contributed by atoms with E-state index in [0.29, 0.717) is 31.6 Å². The van der Waals surface area contributed by atoms with Crippen LogP contribution in [-0.4, -0.2) is 53.5 Å². The van der Waals surface area contributed by atoms with Crippen LogP contribution in [0.15, 0.2) is 29.8 Å². The Labute approximate surface area is 159 Å². The number of hydrogen-bond acceptors (Lipinski definition) is 4. The van der Waals surface area contributed by atoms with Gasteiger partial charge in [0.05, 0.1) is 11.1 Å². The summed E-state index contributed by atoms with van der Waals surface area (Å²) in [6.45, 7) is 7.76.